The summed E-state index contributed by atoms with van der Waals surface area (Å²) >= 11 is 0. The molecule has 6 nitrogen and oxygen atoms in total. The highest BCUT2D eigenvalue weighted by Gasteiger charge is 2.13. The Bertz CT molecular complexity index is 1060. The maximum Gasteiger partial charge on any atom is 0.134 e. The third-order valence-electron chi connectivity index (χ3n) is 4.59. The molecule has 4 aromatic rings. The van der Waals surface area contributed by atoms with Crippen LogP contribution in [0.2, 0.25) is 0 Å². The number of anilines is 3. The van der Waals surface area contributed by atoms with Gasteiger partial charge in [0.1, 0.15) is 5.82 Å². The Morgan fingerprint density at radius 2 is 1.88 bits per heavy atom. The van der Waals surface area contributed by atoms with Crippen molar-refractivity contribution in [1.82, 2.24) is 19.1 Å². The van der Waals surface area contributed by atoms with Crippen LogP contribution in [0.15, 0.2) is 55.1 Å². The zero-order valence-electron chi connectivity index (χ0n) is 14.5. The van der Waals surface area contributed by atoms with Gasteiger partial charge in [-0.15, -0.1) is 0 Å². The van der Waals surface area contributed by atoms with Gasteiger partial charge in [0.25, 0.3) is 0 Å². The first-order valence-electron chi connectivity index (χ1n) is 8.06. The molecule has 2 N–H and O–H groups in total. The molecule has 4 rings (SSSR count). The molecule has 1 aromatic carbocycles. The average molecular weight is 332 g/mol. The summed E-state index contributed by atoms with van der Waals surface area (Å²) in [6.45, 7) is 0. The summed E-state index contributed by atoms with van der Waals surface area (Å²) in [5.74, 6) is 0.871. The molecule has 126 valence electrons. The number of imidazole rings is 1. The van der Waals surface area contributed by atoms with E-state index in [2.05, 4.69) is 33.7 Å². The number of pyridine rings is 1. The van der Waals surface area contributed by atoms with Gasteiger partial charge in [-0.2, -0.15) is 0 Å². The molecule has 0 bridgehead atoms. The van der Waals surface area contributed by atoms with Crippen LogP contribution in [0, 0.1) is 0 Å². The molecule has 3 heterocycles. The molecule has 0 spiro atoms. The second-order valence-corrected chi connectivity index (χ2v) is 6.23. The Hall–Kier alpha value is -3.28. The van der Waals surface area contributed by atoms with Crippen molar-refractivity contribution in [1.29, 1.82) is 0 Å². The van der Waals surface area contributed by atoms with Crippen molar-refractivity contribution >= 4 is 28.1 Å². The van der Waals surface area contributed by atoms with Crippen molar-refractivity contribution in [2.45, 2.75) is 0 Å². The van der Waals surface area contributed by atoms with Gasteiger partial charge in [0, 0.05) is 50.2 Å². The van der Waals surface area contributed by atoms with Crippen LogP contribution < -0.4 is 10.6 Å². The van der Waals surface area contributed by atoms with Gasteiger partial charge < -0.3 is 19.8 Å². The van der Waals surface area contributed by atoms with Crippen LogP contribution in [-0.4, -0.2) is 26.1 Å². The largest absolute Gasteiger partial charge is 0.399 e. The van der Waals surface area contributed by atoms with E-state index in [1.807, 2.05) is 66.5 Å². The van der Waals surface area contributed by atoms with Crippen LogP contribution in [0.25, 0.3) is 22.3 Å². The minimum atomic E-state index is 0.739. The lowest BCUT2D eigenvalue weighted by atomic mass is 10.2. The molecule has 6 heteroatoms. The number of fused-ring (bicyclic) bond motifs is 1. The quantitative estimate of drug-likeness (QED) is 0.585. The van der Waals surface area contributed by atoms with Crippen molar-refractivity contribution < 1.29 is 0 Å². The van der Waals surface area contributed by atoms with E-state index in [0.29, 0.717) is 0 Å². The van der Waals surface area contributed by atoms with E-state index in [4.69, 9.17) is 5.73 Å². The lowest BCUT2D eigenvalue weighted by molar-refractivity contribution is 0.893. The van der Waals surface area contributed by atoms with Gasteiger partial charge in [-0.05, 0) is 24.3 Å². The predicted molar refractivity (Wildman–Crippen MR) is 102 cm³/mol. The summed E-state index contributed by atoms with van der Waals surface area (Å²) in [6.07, 6.45) is 5.60. The third-order valence-corrected chi connectivity index (χ3v) is 4.59. The minimum Gasteiger partial charge on any atom is -0.399 e. The summed E-state index contributed by atoms with van der Waals surface area (Å²) in [6, 6.07) is 12.0. The lowest BCUT2D eigenvalue weighted by Gasteiger charge is -2.19. The van der Waals surface area contributed by atoms with Gasteiger partial charge in [0.2, 0.25) is 0 Å². The highest BCUT2D eigenvalue weighted by Crippen LogP contribution is 2.30. The van der Waals surface area contributed by atoms with Gasteiger partial charge in [-0.25, -0.2) is 9.97 Å². The Morgan fingerprint density at radius 1 is 1.04 bits per heavy atom. The minimum absolute atomic E-state index is 0.739. The van der Waals surface area contributed by atoms with Crippen molar-refractivity contribution in [2.75, 3.05) is 17.7 Å². The first-order chi connectivity index (χ1) is 12.0. The number of aryl methyl sites for hydroxylation is 2. The van der Waals surface area contributed by atoms with Crippen LogP contribution in [0.3, 0.4) is 0 Å². The molecule has 0 unspecified atom stereocenters. The summed E-state index contributed by atoms with van der Waals surface area (Å²) in [5, 5.41) is 1.10. The number of nitrogen functional groups attached to an aromatic ring is 1. The molecule has 3 aromatic heterocycles. The van der Waals surface area contributed by atoms with E-state index < -0.39 is 0 Å². The maximum atomic E-state index is 5.90. The second kappa shape index (κ2) is 5.66. The van der Waals surface area contributed by atoms with Crippen LogP contribution in [0.4, 0.5) is 17.2 Å². The smallest absolute Gasteiger partial charge is 0.134 e. The van der Waals surface area contributed by atoms with E-state index in [-0.39, 0.29) is 0 Å². The summed E-state index contributed by atoms with van der Waals surface area (Å²) < 4.78 is 4.19. The highest BCUT2D eigenvalue weighted by molar-refractivity contribution is 5.88. The summed E-state index contributed by atoms with van der Waals surface area (Å²) in [4.78, 5) is 10.9. The molecular formula is C19H20N6. The van der Waals surface area contributed by atoms with Crippen LogP contribution >= 0.6 is 0 Å². The number of nitrogens with two attached hydrogens (primary N) is 1. The number of hydrogen-bond donors (Lipinski definition) is 1. The Kier molecular flexibility index (Phi) is 3.46. The monoisotopic (exact) mass is 332 g/mol. The normalized spacial score (nSPS) is 11.2. The fourth-order valence-corrected chi connectivity index (χ4v) is 3.12. The van der Waals surface area contributed by atoms with Gasteiger partial charge in [-0.3, -0.25) is 0 Å². The van der Waals surface area contributed by atoms with E-state index in [1.165, 1.54) is 0 Å². The molecule has 0 radical (unpaired) electrons. The Balaban J connectivity index is 1.80. The summed E-state index contributed by atoms with van der Waals surface area (Å²) in [5.41, 5.74) is 11.0. The number of aromatic nitrogens is 4. The first kappa shape index (κ1) is 15.3. The van der Waals surface area contributed by atoms with Crippen molar-refractivity contribution in [3.63, 3.8) is 0 Å². The fraction of sp³-hybridized carbons (Fsp3) is 0.158. The number of hydrogen-bond acceptors (Lipinski definition) is 4. The highest BCUT2D eigenvalue weighted by atomic mass is 15.2. The van der Waals surface area contributed by atoms with Crippen molar-refractivity contribution in [3.8, 4) is 11.4 Å². The zero-order valence-corrected chi connectivity index (χ0v) is 14.5. The molecule has 25 heavy (non-hydrogen) atoms. The SMILES string of the molecule is CN(c1cccc(N)c1)c1cc2c(cn1)cc(-c1cncn1C)n2C. The van der Waals surface area contributed by atoms with Crippen LogP contribution in [0.1, 0.15) is 0 Å². The topological polar surface area (TPSA) is 64.9 Å². The molecule has 0 saturated carbocycles. The van der Waals surface area contributed by atoms with Crippen molar-refractivity contribution in [3.05, 3.63) is 55.1 Å². The third kappa shape index (κ3) is 2.52. The second-order valence-electron chi connectivity index (χ2n) is 6.23. The Morgan fingerprint density at radius 3 is 2.60 bits per heavy atom. The molecule has 0 aliphatic rings. The van der Waals surface area contributed by atoms with E-state index in [1.54, 1.807) is 0 Å². The predicted octanol–water partition coefficient (Wildman–Crippen LogP) is 3.32. The molecule has 0 atom stereocenters. The van der Waals surface area contributed by atoms with Crippen LogP contribution in [-0.2, 0) is 14.1 Å². The summed E-state index contributed by atoms with van der Waals surface area (Å²) in [7, 11) is 6.06. The zero-order chi connectivity index (χ0) is 17.6. The van der Waals surface area contributed by atoms with E-state index in [9.17, 15) is 0 Å². The van der Waals surface area contributed by atoms with E-state index in [0.717, 1.165) is 39.5 Å². The van der Waals surface area contributed by atoms with E-state index >= 15 is 0 Å². The molecular weight excluding hydrogens is 312 g/mol. The van der Waals surface area contributed by atoms with Gasteiger partial charge in [0.05, 0.1) is 29.4 Å². The molecule has 0 amide bonds. The molecule has 0 aliphatic heterocycles. The standard InChI is InChI=1S/C19H20N6/c1-23-12-21-11-18(23)17-7-13-10-22-19(9-16(13)25(17)3)24(2)15-6-4-5-14(20)8-15/h4-12H,20H2,1-3H3. The Labute approximate surface area is 146 Å². The van der Waals surface area contributed by atoms with Gasteiger partial charge in [-0.1, -0.05) is 6.07 Å². The fourth-order valence-electron chi connectivity index (χ4n) is 3.12. The molecule has 0 saturated heterocycles. The number of nitrogens with zero attached hydrogens (tertiary/aromatic N) is 5. The maximum absolute atomic E-state index is 5.90. The van der Waals surface area contributed by atoms with Gasteiger partial charge >= 0.3 is 0 Å². The average Bonchev–Trinajstić information content (AvgIpc) is 3.17. The first-order valence-corrected chi connectivity index (χ1v) is 8.06. The van der Waals surface area contributed by atoms with Crippen LogP contribution in [0.5, 0.6) is 0 Å². The lowest BCUT2D eigenvalue weighted by Crippen LogP contribution is -2.11. The number of benzene rings is 1. The molecule has 0 fully saturated rings. The van der Waals surface area contributed by atoms with Crippen molar-refractivity contribution in [2.24, 2.45) is 14.1 Å². The van der Waals surface area contributed by atoms with Gasteiger partial charge in [0.15, 0.2) is 0 Å². The number of rotatable bonds is 3. The molecule has 0 aliphatic carbocycles.